The van der Waals surface area contributed by atoms with Gasteiger partial charge in [-0.3, -0.25) is 4.79 Å². The third-order valence-electron chi connectivity index (χ3n) is 4.24. The van der Waals surface area contributed by atoms with Crippen molar-refractivity contribution in [2.24, 2.45) is 0 Å². The third kappa shape index (κ3) is 2.91. The van der Waals surface area contributed by atoms with Gasteiger partial charge < -0.3 is 15.0 Å². The summed E-state index contributed by atoms with van der Waals surface area (Å²) in [5.74, 6) is 0.106. The maximum absolute atomic E-state index is 12.4. The first-order chi connectivity index (χ1) is 9.27. The molecule has 0 radical (unpaired) electrons. The largest absolute Gasteiger partial charge is 0.444 e. The quantitative estimate of drug-likeness (QED) is 0.803. The summed E-state index contributed by atoms with van der Waals surface area (Å²) in [4.78, 5) is 25.9. The molecule has 114 valence electrons. The van der Waals surface area contributed by atoms with Crippen molar-refractivity contribution >= 4 is 12.0 Å². The molecule has 2 heterocycles. The van der Waals surface area contributed by atoms with Gasteiger partial charge in [0.1, 0.15) is 5.60 Å². The molecule has 1 spiro atoms. The Morgan fingerprint density at radius 2 is 2.15 bits per heavy atom. The lowest BCUT2D eigenvalue weighted by Gasteiger charge is -2.47. The van der Waals surface area contributed by atoms with E-state index >= 15 is 0 Å². The number of nitrogens with one attached hydrogen (secondary N) is 1. The first-order valence-corrected chi connectivity index (χ1v) is 7.58. The van der Waals surface area contributed by atoms with Crippen molar-refractivity contribution in [1.82, 2.24) is 10.2 Å². The lowest BCUT2D eigenvalue weighted by atomic mass is 9.79. The van der Waals surface area contributed by atoms with E-state index in [0.717, 1.165) is 25.7 Å². The fourth-order valence-corrected chi connectivity index (χ4v) is 3.51. The first-order valence-electron chi connectivity index (χ1n) is 7.58. The summed E-state index contributed by atoms with van der Waals surface area (Å²) in [6.07, 6.45) is 3.83. The van der Waals surface area contributed by atoms with Crippen LogP contribution in [0.5, 0.6) is 0 Å². The summed E-state index contributed by atoms with van der Waals surface area (Å²) < 4.78 is 5.51. The van der Waals surface area contributed by atoms with Crippen molar-refractivity contribution in [1.29, 1.82) is 0 Å². The van der Waals surface area contributed by atoms with Gasteiger partial charge in [0.2, 0.25) is 5.91 Å². The summed E-state index contributed by atoms with van der Waals surface area (Å²) in [5, 5.41) is 3.13. The van der Waals surface area contributed by atoms with Crippen LogP contribution in [-0.4, -0.2) is 40.6 Å². The minimum absolute atomic E-state index is 0.0394. The lowest BCUT2D eigenvalue weighted by Crippen LogP contribution is -2.63. The van der Waals surface area contributed by atoms with E-state index in [4.69, 9.17) is 4.74 Å². The fraction of sp³-hybridized carbons (Fsp3) is 0.867. The van der Waals surface area contributed by atoms with Crippen molar-refractivity contribution < 1.29 is 14.3 Å². The summed E-state index contributed by atoms with van der Waals surface area (Å²) >= 11 is 0. The van der Waals surface area contributed by atoms with Crippen LogP contribution in [0.15, 0.2) is 0 Å². The van der Waals surface area contributed by atoms with Crippen LogP contribution in [-0.2, 0) is 9.53 Å². The molecule has 0 aromatic rings. The zero-order valence-electron chi connectivity index (χ0n) is 13.0. The van der Waals surface area contributed by atoms with Gasteiger partial charge in [-0.1, -0.05) is 6.92 Å². The number of likely N-dealkylation sites (tertiary alicyclic amines) is 1. The smallest absolute Gasteiger partial charge is 0.410 e. The number of carbonyl (C=O) groups is 2. The van der Waals surface area contributed by atoms with Gasteiger partial charge in [-0.15, -0.1) is 0 Å². The Morgan fingerprint density at radius 1 is 1.45 bits per heavy atom. The molecule has 0 aromatic carbocycles. The molecule has 2 rings (SSSR count). The van der Waals surface area contributed by atoms with E-state index < -0.39 is 5.60 Å². The molecular weight excluding hydrogens is 256 g/mol. The summed E-state index contributed by atoms with van der Waals surface area (Å²) in [7, 11) is 0. The maximum Gasteiger partial charge on any atom is 0.410 e. The van der Waals surface area contributed by atoms with Gasteiger partial charge in [-0.05, 0) is 46.5 Å². The predicted octanol–water partition coefficient (Wildman–Crippen LogP) is 2.44. The molecule has 0 bridgehead atoms. The molecule has 20 heavy (non-hydrogen) atoms. The van der Waals surface area contributed by atoms with Gasteiger partial charge in [-0.25, -0.2) is 4.79 Å². The first kappa shape index (κ1) is 15.1. The molecule has 2 aliphatic heterocycles. The van der Waals surface area contributed by atoms with Crippen LogP contribution in [0, 0.1) is 0 Å². The second-order valence-electron chi connectivity index (χ2n) is 6.91. The number of ether oxygens (including phenoxy) is 1. The lowest BCUT2D eigenvalue weighted by molar-refractivity contribution is -0.120. The molecule has 2 atom stereocenters. The molecule has 0 unspecified atom stereocenters. The van der Waals surface area contributed by atoms with Gasteiger partial charge in [0.25, 0.3) is 0 Å². The van der Waals surface area contributed by atoms with Gasteiger partial charge in [0.15, 0.2) is 0 Å². The van der Waals surface area contributed by atoms with E-state index in [2.05, 4.69) is 12.2 Å². The number of piperidine rings is 1. The van der Waals surface area contributed by atoms with Gasteiger partial charge in [0.05, 0.1) is 11.6 Å². The van der Waals surface area contributed by atoms with Crippen molar-refractivity contribution in [2.75, 3.05) is 6.54 Å². The Morgan fingerprint density at radius 3 is 2.65 bits per heavy atom. The Kier molecular flexibility index (Phi) is 3.98. The highest BCUT2D eigenvalue weighted by Gasteiger charge is 2.49. The molecular formula is C15H26N2O3. The number of rotatable bonds is 1. The highest BCUT2D eigenvalue weighted by molar-refractivity contribution is 5.80. The van der Waals surface area contributed by atoms with Gasteiger partial charge in [0, 0.05) is 13.0 Å². The standard InChI is InChI=1S/C15H26N2O3/c1-5-11-15(9-7-12(18)16-15)8-6-10-17(11)13(19)20-14(2,3)4/h11H,5-10H2,1-4H3,(H,16,18)/t11-,15-/m0/s1. The second-order valence-corrected chi connectivity index (χ2v) is 6.91. The van der Waals surface area contributed by atoms with Crippen molar-refractivity contribution in [3.8, 4) is 0 Å². The molecule has 1 N–H and O–H groups in total. The van der Waals surface area contributed by atoms with E-state index in [0.29, 0.717) is 13.0 Å². The minimum atomic E-state index is -0.487. The normalized spacial score (nSPS) is 30.5. The average Bonchev–Trinajstić information content (AvgIpc) is 2.68. The van der Waals surface area contributed by atoms with Crippen LogP contribution in [0.2, 0.25) is 0 Å². The summed E-state index contributed by atoms with van der Waals surface area (Å²) in [6.45, 7) is 8.42. The van der Waals surface area contributed by atoms with Gasteiger partial charge in [-0.2, -0.15) is 0 Å². The molecule has 5 nitrogen and oxygen atoms in total. The number of carbonyl (C=O) groups excluding carboxylic acids is 2. The van der Waals surface area contributed by atoms with E-state index in [1.54, 1.807) is 0 Å². The summed E-state index contributed by atoms with van der Waals surface area (Å²) in [5.41, 5.74) is -0.722. The van der Waals surface area contributed by atoms with Crippen LogP contribution in [0.1, 0.15) is 59.8 Å². The van der Waals surface area contributed by atoms with Crippen molar-refractivity contribution in [2.45, 2.75) is 77.0 Å². The van der Waals surface area contributed by atoms with Crippen molar-refractivity contribution in [3.05, 3.63) is 0 Å². The Labute approximate surface area is 121 Å². The minimum Gasteiger partial charge on any atom is -0.444 e. The molecule has 2 saturated heterocycles. The number of amides is 2. The van der Waals surface area contributed by atoms with E-state index in [9.17, 15) is 9.59 Å². The second kappa shape index (κ2) is 5.26. The Hall–Kier alpha value is -1.26. The fourth-order valence-electron chi connectivity index (χ4n) is 3.51. The van der Waals surface area contributed by atoms with E-state index in [1.165, 1.54) is 0 Å². The van der Waals surface area contributed by atoms with E-state index in [1.807, 2.05) is 25.7 Å². The zero-order chi connectivity index (χ0) is 15.0. The molecule has 2 amide bonds. The van der Waals surface area contributed by atoms with Crippen LogP contribution >= 0.6 is 0 Å². The molecule has 5 heteroatoms. The Balaban J connectivity index is 2.17. The molecule has 0 aromatic heterocycles. The number of hydrogen-bond donors (Lipinski definition) is 1. The summed E-state index contributed by atoms with van der Waals surface area (Å²) in [6, 6.07) is 0.0394. The average molecular weight is 282 g/mol. The topological polar surface area (TPSA) is 58.6 Å². The maximum atomic E-state index is 12.4. The molecule has 0 saturated carbocycles. The Bertz CT molecular complexity index is 402. The van der Waals surface area contributed by atoms with Crippen LogP contribution in [0.3, 0.4) is 0 Å². The molecule has 2 aliphatic rings. The monoisotopic (exact) mass is 282 g/mol. The molecule has 2 fully saturated rings. The SMILES string of the molecule is CC[C@@H]1N(C(=O)OC(C)(C)C)CCC[C@]12CCC(=O)N2. The number of hydrogen-bond acceptors (Lipinski definition) is 3. The highest BCUT2D eigenvalue weighted by Crippen LogP contribution is 2.37. The predicted molar refractivity (Wildman–Crippen MR) is 76.4 cm³/mol. The van der Waals surface area contributed by atoms with E-state index in [-0.39, 0.29) is 23.6 Å². The molecule has 0 aliphatic carbocycles. The van der Waals surface area contributed by atoms with Gasteiger partial charge >= 0.3 is 6.09 Å². The van der Waals surface area contributed by atoms with Crippen LogP contribution in [0.4, 0.5) is 4.79 Å². The number of nitrogens with zero attached hydrogens (tertiary/aromatic N) is 1. The highest BCUT2D eigenvalue weighted by atomic mass is 16.6. The third-order valence-corrected chi connectivity index (χ3v) is 4.24. The van der Waals surface area contributed by atoms with Crippen molar-refractivity contribution in [3.63, 3.8) is 0 Å². The van der Waals surface area contributed by atoms with Crippen LogP contribution in [0.25, 0.3) is 0 Å². The zero-order valence-corrected chi connectivity index (χ0v) is 13.0. The van der Waals surface area contributed by atoms with Crippen LogP contribution < -0.4 is 5.32 Å².